The zero-order valence-electron chi connectivity index (χ0n) is 15.4. The number of carbonyl (C=O) groups is 2. The molecule has 1 atom stereocenters. The Hall–Kier alpha value is -3.34. The van der Waals surface area contributed by atoms with E-state index in [-0.39, 0.29) is 19.0 Å². The van der Waals surface area contributed by atoms with Crippen LogP contribution < -0.4 is 10.2 Å². The van der Waals surface area contributed by atoms with E-state index < -0.39 is 18.0 Å². The molecule has 11 heteroatoms. The number of rotatable bonds is 6. The summed E-state index contributed by atoms with van der Waals surface area (Å²) in [6.07, 6.45) is 1.98. The van der Waals surface area contributed by atoms with Gasteiger partial charge in [-0.3, -0.25) is 9.69 Å². The first kappa shape index (κ1) is 19.0. The number of ether oxygens (including phenoxy) is 1. The van der Waals surface area contributed by atoms with Crippen LogP contribution in [0.25, 0.3) is 11.3 Å². The van der Waals surface area contributed by atoms with Gasteiger partial charge in [-0.15, -0.1) is 11.3 Å². The van der Waals surface area contributed by atoms with Crippen molar-refractivity contribution in [3.8, 4) is 11.3 Å². The minimum absolute atomic E-state index is 0.207. The van der Waals surface area contributed by atoms with Crippen molar-refractivity contribution in [1.82, 2.24) is 25.1 Å². The molecule has 2 aromatic heterocycles. The van der Waals surface area contributed by atoms with E-state index in [1.54, 1.807) is 28.5 Å². The molecule has 29 heavy (non-hydrogen) atoms. The van der Waals surface area contributed by atoms with Crippen LogP contribution >= 0.6 is 11.3 Å². The molecule has 1 unspecified atom stereocenters. The van der Waals surface area contributed by atoms with Crippen molar-refractivity contribution < 1.29 is 18.7 Å². The van der Waals surface area contributed by atoms with Gasteiger partial charge >= 0.3 is 6.09 Å². The van der Waals surface area contributed by atoms with E-state index in [4.69, 9.17) is 4.74 Å². The van der Waals surface area contributed by atoms with E-state index in [0.717, 1.165) is 5.01 Å². The zero-order chi connectivity index (χ0) is 20.4. The largest absolute Gasteiger partial charge is 0.442 e. The molecular formula is C18H17FN6O3S. The predicted octanol–water partition coefficient (Wildman–Crippen LogP) is 2.05. The van der Waals surface area contributed by atoms with Crippen molar-refractivity contribution >= 4 is 29.0 Å². The number of nitrogens with zero attached hydrogens (tertiary/aromatic N) is 5. The molecule has 1 saturated heterocycles. The molecule has 3 aromatic rings. The molecule has 2 amide bonds. The quantitative estimate of drug-likeness (QED) is 0.660. The number of halogens is 1. The molecule has 4 rings (SSSR count). The van der Waals surface area contributed by atoms with E-state index in [1.165, 1.54) is 35.6 Å². The van der Waals surface area contributed by atoms with Gasteiger partial charge in [-0.05, 0) is 18.2 Å². The second-order valence-electron chi connectivity index (χ2n) is 6.44. The predicted molar refractivity (Wildman–Crippen MR) is 103 cm³/mol. The number of amides is 2. The Balaban J connectivity index is 1.48. The molecule has 0 radical (unpaired) electrons. The van der Waals surface area contributed by atoms with Gasteiger partial charge in [0.05, 0.1) is 31.0 Å². The highest BCUT2D eigenvalue weighted by atomic mass is 32.1. The molecule has 3 heterocycles. The number of carbonyl (C=O) groups excluding carboxylic acids is 2. The average molecular weight is 416 g/mol. The minimum atomic E-state index is -0.573. The lowest BCUT2D eigenvalue weighted by molar-refractivity contribution is -0.119. The number of hydrogen-bond acceptors (Lipinski definition) is 7. The monoisotopic (exact) mass is 416 g/mol. The summed E-state index contributed by atoms with van der Waals surface area (Å²) >= 11 is 1.40. The lowest BCUT2D eigenvalue weighted by Crippen LogP contribution is -2.33. The van der Waals surface area contributed by atoms with Crippen LogP contribution in [0.2, 0.25) is 0 Å². The fourth-order valence-corrected chi connectivity index (χ4v) is 3.72. The first-order chi connectivity index (χ1) is 14.0. The van der Waals surface area contributed by atoms with Gasteiger partial charge in [-0.1, -0.05) is 0 Å². The van der Waals surface area contributed by atoms with Crippen LogP contribution in [0.4, 0.5) is 14.9 Å². The van der Waals surface area contributed by atoms with Gasteiger partial charge in [0.15, 0.2) is 0 Å². The van der Waals surface area contributed by atoms with Gasteiger partial charge in [0.25, 0.3) is 0 Å². The van der Waals surface area contributed by atoms with Crippen LogP contribution in [0.15, 0.2) is 36.2 Å². The standard InChI is InChI=1S/C18H17FN6O3S/c1-11(26)21-5-13-6-25(18(27)28-13)12-2-3-14(15(19)4-12)16-8-29-17(23-16)7-24-10-20-9-22-24/h2-4,8-10,13H,5-7H2,1H3,(H,21,26). The van der Waals surface area contributed by atoms with Gasteiger partial charge < -0.3 is 10.1 Å². The van der Waals surface area contributed by atoms with Crippen LogP contribution in [-0.4, -0.2) is 50.9 Å². The van der Waals surface area contributed by atoms with Crippen LogP contribution in [0.3, 0.4) is 0 Å². The first-order valence-corrected chi connectivity index (χ1v) is 9.67. The number of hydrogen-bond donors (Lipinski definition) is 1. The zero-order valence-corrected chi connectivity index (χ0v) is 16.2. The summed E-state index contributed by atoms with van der Waals surface area (Å²) in [7, 11) is 0. The SMILES string of the molecule is CC(=O)NCC1CN(c2ccc(-c3csc(Cn4cncn4)n3)c(F)c2)C(=O)O1. The van der Waals surface area contributed by atoms with Crippen molar-refractivity contribution in [1.29, 1.82) is 0 Å². The smallest absolute Gasteiger partial charge is 0.414 e. The molecule has 1 aliphatic heterocycles. The number of thiazole rings is 1. The van der Waals surface area contributed by atoms with Crippen molar-refractivity contribution in [2.24, 2.45) is 0 Å². The van der Waals surface area contributed by atoms with Gasteiger partial charge in [0, 0.05) is 17.9 Å². The van der Waals surface area contributed by atoms with Gasteiger partial charge in [-0.25, -0.2) is 23.8 Å². The maximum absolute atomic E-state index is 14.8. The third-order valence-electron chi connectivity index (χ3n) is 4.31. The number of benzene rings is 1. The van der Waals surface area contributed by atoms with Crippen LogP contribution in [0.5, 0.6) is 0 Å². The third-order valence-corrected chi connectivity index (χ3v) is 5.14. The Bertz CT molecular complexity index is 1040. The van der Waals surface area contributed by atoms with Crippen molar-refractivity contribution in [3.63, 3.8) is 0 Å². The number of nitrogens with one attached hydrogen (secondary N) is 1. The molecule has 1 N–H and O–H groups in total. The second-order valence-corrected chi connectivity index (χ2v) is 7.38. The lowest BCUT2D eigenvalue weighted by atomic mass is 10.1. The summed E-state index contributed by atoms with van der Waals surface area (Å²) in [6.45, 7) is 2.29. The van der Waals surface area contributed by atoms with Gasteiger partial charge in [0.1, 0.15) is 29.6 Å². The number of cyclic esters (lactones) is 1. The Morgan fingerprint density at radius 1 is 1.45 bits per heavy atom. The fraction of sp³-hybridized carbons (Fsp3) is 0.278. The minimum Gasteiger partial charge on any atom is -0.442 e. The normalized spacial score (nSPS) is 16.1. The van der Waals surface area contributed by atoms with Crippen molar-refractivity contribution in [2.45, 2.75) is 19.6 Å². The number of anilines is 1. The second kappa shape index (κ2) is 7.95. The Morgan fingerprint density at radius 2 is 2.31 bits per heavy atom. The van der Waals surface area contributed by atoms with E-state index >= 15 is 0 Å². The molecule has 0 spiro atoms. The van der Waals surface area contributed by atoms with Crippen LogP contribution in [-0.2, 0) is 16.1 Å². The molecule has 0 bridgehead atoms. The summed E-state index contributed by atoms with van der Waals surface area (Å²) in [5.41, 5.74) is 1.25. The van der Waals surface area contributed by atoms with Gasteiger partial charge in [-0.2, -0.15) is 5.10 Å². The summed E-state index contributed by atoms with van der Waals surface area (Å²) in [5.74, 6) is -0.695. The van der Waals surface area contributed by atoms with Crippen molar-refractivity contribution in [2.75, 3.05) is 18.0 Å². The molecule has 1 fully saturated rings. The summed E-state index contributed by atoms with van der Waals surface area (Å²) < 4.78 is 21.6. The highest BCUT2D eigenvalue weighted by Gasteiger charge is 2.32. The lowest BCUT2D eigenvalue weighted by Gasteiger charge is -2.14. The summed E-state index contributed by atoms with van der Waals surface area (Å²) in [5, 5.41) is 9.19. The molecule has 9 nitrogen and oxygen atoms in total. The summed E-state index contributed by atoms with van der Waals surface area (Å²) in [4.78, 5) is 32.8. The highest BCUT2D eigenvalue weighted by Crippen LogP contribution is 2.30. The fourth-order valence-electron chi connectivity index (χ4n) is 2.94. The van der Waals surface area contributed by atoms with E-state index in [1.807, 2.05) is 0 Å². The Morgan fingerprint density at radius 3 is 3.03 bits per heavy atom. The molecule has 0 aliphatic carbocycles. The number of aromatic nitrogens is 4. The average Bonchev–Trinajstić information content (AvgIpc) is 3.42. The van der Waals surface area contributed by atoms with E-state index in [9.17, 15) is 14.0 Å². The topological polar surface area (TPSA) is 102 Å². The molecule has 1 aliphatic rings. The molecular weight excluding hydrogens is 399 g/mol. The maximum atomic E-state index is 14.8. The van der Waals surface area contributed by atoms with Gasteiger partial charge in [0.2, 0.25) is 5.91 Å². The Kier molecular flexibility index (Phi) is 5.21. The first-order valence-electron chi connectivity index (χ1n) is 8.79. The Labute approximate surface area is 169 Å². The molecule has 150 valence electrons. The van der Waals surface area contributed by atoms with Crippen molar-refractivity contribution in [3.05, 3.63) is 47.1 Å². The highest BCUT2D eigenvalue weighted by molar-refractivity contribution is 7.09. The molecule has 0 saturated carbocycles. The molecule has 1 aromatic carbocycles. The summed E-state index contributed by atoms with van der Waals surface area (Å²) in [6, 6.07) is 4.53. The van der Waals surface area contributed by atoms with Crippen LogP contribution in [0.1, 0.15) is 11.9 Å². The van der Waals surface area contributed by atoms with Crippen LogP contribution in [0, 0.1) is 5.82 Å². The third kappa shape index (κ3) is 4.24. The van der Waals surface area contributed by atoms with E-state index in [2.05, 4.69) is 20.4 Å². The van der Waals surface area contributed by atoms with E-state index in [0.29, 0.717) is 23.5 Å². The maximum Gasteiger partial charge on any atom is 0.414 e.